The minimum atomic E-state index is 1.22. The van der Waals surface area contributed by atoms with Crippen molar-refractivity contribution in [2.45, 2.75) is 12.8 Å². The lowest BCUT2D eigenvalue weighted by Gasteiger charge is -2.11. The van der Waals surface area contributed by atoms with Crippen LogP contribution in [0.5, 0.6) is 0 Å². The molecule has 0 saturated heterocycles. The Morgan fingerprint density at radius 1 is 0.850 bits per heavy atom. The van der Waals surface area contributed by atoms with Gasteiger partial charge in [0.1, 0.15) is 0 Å². The summed E-state index contributed by atoms with van der Waals surface area (Å²) in [5, 5.41) is 5.31. The van der Waals surface area contributed by atoms with Crippen LogP contribution in [0.3, 0.4) is 0 Å². The topological polar surface area (TPSA) is 0 Å². The minimum Gasteiger partial charge on any atom is -0.0984 e. The van der Waals surface area contributed by atoms with E-state index in [-0.39, 0.29) is 0 Å². The van der Waals surface area contributed by atoms with Gasteiger partial charge in [0.05, 0.1) is 0 Å². The van der Waals surface area contributed by atoms with Gasteiger partial charge in [-0.3, -0.25) is 0 Å². The smallest absolute Gasteiger partial charge is 0.00990 e. The highest BCUT2D eigenvalue weighted by molar-refractivity contribution is 6.12. The van der Waals surface area contributed by atoms with Gasteiger partial charge in [-0.2, -0.15) is 0 Å². The van der Waals surface area contributed by atoms with Crippen LogP contribution >= 0.6 is 0 Å². The van der Waals surface area contributed by atoms with Gasteiger partial charge >= 0.3 is 0 Å². The van der Waals surface area contributed by atoms with Crippen molar-refractivity contribution in [3.05, 3.63) is 78.4 Å². The molecule has 96 valence electrons. The first-order valence-electron chi connectivity index (χ1n) is 7.14. The monoisotopic (exact) mass is 256 g/mol. The van der Waals surface area contributed by atoms with E-state index in [4.69, 9.17) is 0 Å². The van der Waals surface area contributed by atoms with Crippen LogP contribution in [0.25, 0.3) is 27.1 Å². The van der Waals surface area contributed by atoms with Crippen molar-refractivity contribution >= 4 is 27.1 Å². The highest BCUT2D eigenvalue weighted by Gasteiger charge is 2.18. The summed E-state index contributed by atoms with van der Waals surface area (Å²) in [6, 6.07) is 19.6. The number of hydrogen-bond donors (Lipinski definition) is 0. The summed E-state index contributed by atoms with van der Waals surface area (Å²) in [5.74, 6) is 0. The van der Waals surface area contributed by atoms with Gasteiger partial charge in [0.15, 0.2) is 0 Å². The Labute approximate surface area is 119 Å². The second kappa shape index (κ2) is 4.35. The third-order valence-electron chi connectivity index (χ3n) is 4.14. The maximum absolute atomic E-state index is 4.03. The van der Waals surface area contributed by atoms with E-state index < -0.39 is 0 Å². The van der Waals surface area contributed by atoms with Crippen LogP contribution in [0, 0.1) is 0 Å². The van der Waals surface area contributed by atoms with Crippen molar-refractivity contribution in [3.8, 4) is 0 Å². The number of allylic oxidation sites excluding steroid dienone is 3. The molecule has 0 unspecified atom stereocenters. The van der Waals surface area contributed by atoms with E-state index in [0.717, 1.165) is 0 Å². The molecule has 0 nitrogen and oxygen atoms in total. The van der Waals surface area contributed by atoms with Crippen molar-refractivity contribution in [1.29, 1.82) is 0 Å². The highest BCUT2D eigenvalue weighted by atomic mass is 14.2. The zero-order valence-electron chi connectivity index (χ0n) is 11.4. The zero-order valence-corrected chi connectivity index (χ0v) is 11.4. The lowest BCUT2D eigenvalue weighted by Crippen LogP contribution is -1.87. The maximum atomic E-state index is 4.03. The van der Waals surface area contributed by atoms with Crippen LogP contribution in [0.4, 0.5) is 0 Å². The number of benzene rings is 3. The first-order chi connectivity index (χ1) is 9.88. The maximum Gasteiger partial charge on any atom is -0.00990 e. The molecule has 1 fully saturated rings. The van der Waals surface area contributed by atoms with Crippen molar-refractivity contribution < 1.29 is 0 Å². The third-order valence-corrected chi connectivity index (χ3v) is 4.14. The molecule has 0 aromatic heterocycles. The van der Waals surface area contributed by atoms with Crippen LogP contribution in [0.15, 0.2) is 72.8 Å². The summed E-state index contributed by atoms with van der Waals surface area (Å²) in [7, 11) is 0. The Morgan fingerprint density at radius 3 is 2.20 bits per heavy atom. The standard InChI is InChI=1S/C20H16/c1-2-16(14-11-12-14)20-13-15-7-3-4-8-17(15)18-9-5-6-10-19(18)20/h2-10,13H,1,11-12H2. The predicted molar refractivity (Wildman–Crippen MR) is 87.8 cm³/mol. The molecular formula is C20H16. The summed E-state index contributed by atoms with van der Waals surface area (Å²) in [5.41, 5.74) is 4.22. The van der Waals surface area contributed by atoms with Gasteiger partial charge in [0.2, 0.25) is 0 Å². The molecule has 0 amide bonds. The molecule has 0 spiro atoms. The van der Waals surface area contributed by atoms with Gasteiger partial charge in [0, 0.05) is 0 Å². The first-order valence-corrected chi connectivity index (χ1v) is 7.14. The molecule has 1 saturated carbocycles. The molecule has 1 aliphatic rings. The molecule has 1 aliphatic carbocycles. The Kier molecular flexibility index (Phi) is 2.50. The van der Waals surface area contributed by atoms with Crippen molar-refractivity contribution in [3.63, 3.8) is 0 Å². The Morgan fingerprint density at radius 2 is 1.50 bits per heavy atom. The molecular weight excluding hydrogens is 240 g/mol. The number of fused-ring (bicyclic) bond motifs is 3. The van der Waals surface area contributed by atoms with Gasteiger partial charge in [0.25, 0.3) is 0 Å². The Balaban J connectivity index is 2.18. The van der Waals surface area contributed by atoms with Crippen molar-refractivity contribution in [2.75, 3.05) is 0 Å². The normalized spacial score (nSPS) is 13.7. The molecule has 0 N–H and O–H groups in total. The largest absolute Gasteiger partial charge is 0.0984 e. The van der Waals surface area contributed by atoms with Crippen LogP contribution < -0.4 is 0 Å². The molecule has 3 aromatic carbocycles. The molecule has 0 radical (unpaired) electrons. The van der Waals surface area contributed by atoms with Gasteiger partial charge in [-0.25, -0.2) is 0 Å². The molecule has 0 heterocycles. The molecule has 20 heavy (non-hydrogen) atoms. The summed E-state index contributed by atoms with van der Waals surface area (Å²) in [6.07, 6.45) is 4.48. The predicted octanol–water partition coefficient (Wildman–Crippen LogP) is 5.73. The fraction of sp³-hybridized carbons (Fsp3) is 0.100. The number of hydrogen-bond acceptors (Lipinski definition) is 0. The Hall–Kier alpha value is -2.34. The summed E-state index contributed by atoms with van der Waals surface area (Å²) >= 11 is 0. The van der Waals surface area contributed by atoms with E-state index in [1.54, 1.807) is 5.57 Å². The van der Waals surface area contributed by atoms with Crippen molar-refractivity contribution in [1.82, 2.24) is 0 Å². The van der Waals surface area contributed by atoms with E-state index in [0.29, 0.717) is 0 Å². The fourth-order valence-corrected chi connectivity index (χ4v) is 3.05. The third kappa shape index (κ3) is 1.69. The van der Waals surface area contributed by atoms with Crippen LogP contribution in [0.1, 0.15) is 18.4 Å². The summed E-state index contributed by atoms with van der Waals surface area (Å²) < 4.78 is 0. The average molecular weight is 256 g/mol. The molecule has 0 bridgehead atoms. The van der Waals surface area contributed by atoms with Gasteiger partial charge in [-0.05, 0) is 51.6 Å². The van der Waals surface area contributed by atoms with E-state index in [9.17, 15) is 0 Å². The molecule has 0 atom stereocenters. The quantitative estimate of drug-likeness (QED) is 0.514. The zero-order chi connectivity index (χ0) is 13.5. The van der Waals surface area contributed by atoms with Gasteiger partial charge < -0.3 is 0 Å². The van der Waals surface area contributed by atoms with E-state index >= 15 is 0 Å². The number of rotatable bonds is 2. The summed E-state index contributed by atoms with van der Waals surface area (Å²) in [4.78, 5) is 0. The van der Waals surface area contributed by atoms with Crippen molar-refractivity contribution in [2.24, 2.45) is 0 Å². The van der Waals surface area contributed by atoms with E-state index in [2.05, 4.69) is 61.2 Å². The van der Waals surface area contributed by atoms with Crippen LogP contribution in [0.2, 0.25) is 0 Å². The molecule has 3 aromatic rings. The summed E-state index contributed by atoms with van der Waals surface area (Å²) in [6.45, 7) is 4.03. The van der Waals surface area contributed by atoms with E-state index in [1.807, 2.05) is 6.08 Å². The second-order valence-corrected chi connectivity index (χ2v) is 5.41. The molecule has 0 aliphatic heterocycles. The average Bonchev–Trinajstić information content (AvgIpc) is 3.33. The van der Waals surface area contributed by atoms with Crippen LogP contribution in [-0.2, 0) is 0 Å². The van der Waals surface area contributed by atoms with E-state index in [1.165, 1.54) is 45.5 Å². The fourth-order valence-electron chi connectivity index (χ4n) is 3.05. The second-order valence-electron chi connectivity index (χ2n) is 5.41. The minimum absolute atomic E-state index is 1.22. The SMILES string of the molecule is C=CC(=C1CC1)c1cc2ccccc2c2ccccc12. The highest BCUT2D eigenvalue weighted by Crippen LogP contribution is 2.40. The molecule has 4 rings (SSSR count). The first kappa shape index (κ1) is 11.5. The molecule has 0 heteroatoms. The Bertz CT molecular complexity index is 859. The lowest BCUT2D eigenvalue weighted by atomic mass is 9.93. The van der Waals surface area contributed by atoms with Crippen LogP contribution in [-0.4, -0.2) is 0 Å². The van der Waals surface area contributed by atoms with Gasteiger partial charge in [-0.1, -0.05) is 66.8 Å². The lowest BCUT2D eigenvalue weighted by molar-refractivity contribution is 1.50. The van der Waals surface area contributed by atoms with Gasteiger partial charge in [-0.15, -0.1) is 0 Å².